The van der Waals surface area contributed by atoms with E-state index in [-0.39, 0.29) is 12.2 Å². The Hall–Kier alpha value is -2.95. The second-order valence-electron chi connectivity index (χ2n) is 6.93. The first-order valence-corrected chi connectivity index (χ1v) is 9.27. The minimum Gasteiger partial charge on any atom is -0.375 e. The number of hydrogen-bond donors (Lipinski definition) is 1. The van der Waals surface area contributed by atoms with Crippen molar-refractivity contribution in [3.05, 3.63) is 88.9 Å². The maximum Gasteiger partial charge on any atom is 0.263 e. The van der Waals surface area contributed by atoms with Gasteiger partial charge in [-0.2, -0.15) is 0 Å². The predicted molar refractivity (Wildman–Crippen MR) is 110 cm³/mol. The molecule has 5 heteroatoms. The van der Waals surface area contributed by atoms with Crippen LogP contribution in [0, 0.1) is 0 Å². The fraction of sp³-hybridized carbons (Fsp3) is 0.130. The SMILES string of the molecule is CN1C(=O)[C@@](O)(CC(=O)c2ccc(-c3ccccc3)cc2)c2cc(Cl)ccc21. The molecule has 140 valence electrons. The quantitative estimate of drug-likeness (QED) is 0.669. The highest BCUT2D eigenvalue weighted by Gasteiger charge is 2.49. The lowest BCUT2D eigenvalue weighted by Crippen LogP contribution is -2.40. The third kappa shape index (κ3) is 3.01. The first-order valence-electron chi connectivity index (χ1n) is 8.89. The van der Waals surface area contributed by atoms with Crippen molar-refractivity contribution >= 4 is 29.0 Å². The number of likely N-dealkylation sites (N-methyl/N-ethyl adjacent to an activating group) is 1. The van der Waals surface area contributed by atoms with Crippen molar-refractivity contribution < 1.29 is 14.7 Å². The summed E-state index contributed by atoms with van der Waals surface area (Å²) < 4.78 is 0. The average Bonchev–Trinajstić information content (AvgIpc) is 2.90. The van der Waals surface area contributed by atoms with Crippen LogP contribution in [0.2, 0.25) is 5.02 Å². The molecule has 0 radical (unpaired) electrons. The van der Waals surface area contributed by atoms with Gasteiger partial charge in [0.2, 0.25) is 0 Å². The molecule has 1 N–H and O–H groups in total. The Morgan fingerprint density at radius 2 is 1.64 bits per heavy atom. The van der Waals surface area contributed by atoms with Crippen LogP contribution in [0.4, 0.5) is 5.69 Å². The van der Waals surface area contributed by atoms with E-state index in [1.54, 1.807) is 37.4 Å². The Bertz CT molecular complexity index is 1060. The number of carbonyl (C=O) groups is 2. The van der Waals surface area contributed by atoms with Crippen molar-refractivity contribution in [3.8, 4) is 11.1 Å². The van der Waals surface area contributed by atoms with Gasteiger partial charge in [-0.15, -0.1) is 0 Å². The molecule has 1 aliphatic heterocycles. The van der Waals surface area contributed by atoms with E-state index in [0.717, 1.165) is 11.1 Å². The Balaban J connectivity index is 1.62. The number of halogens is 1. The van der Waals surface area contributed by atoms with Crippen molar-refractivity contribution in [2.24, 2.45) is 0 Å². The number of anilines is 1. The maximum absolute atomic E-state index is 12.8. The molecule has 0 fully saturated rings. The Morgan fingerprint density at radius 3 is 2.32 bits per heavy atom. The molecule has 1 atom stereocenters. The van der Waals surface area contributed by atoms with Crippen LogP contribution in [0.25, 0.3) is 11.1 Å². The number of amides is 1. The molecule has 28 heavy (non-hydrogen) atoms. The van der Waals surface area contributed by atoms with Gasteiger partial charge in [-0.3, -0.25) is 9.59 Å². The Kier molecular flexibility index (Phi) is 4.53. The largest absolute Gasteiger partial charge is 0.375 e. The van der Waals surface area contributed by atoms with Crippen LogP contribution in [-0.4, -0.2) is 23.8 Å². The molecule has 1 heterocycles. The average molecular weight is 392 g/mol. The van der Waals surface area contributed by atoms with Crippen molar-refractivity contribution in [3.63, 3.8) is 0 Å². The zero-order valence-corrected chi connectivity index (χ0v) is 16.0. The van der Waals surface area contributed by atoms with E-state index in [4.69, 9.17) is 11.6 Å². The highest BCUT2D eigenvalue weighted by molar-refractivity contribution is 6.31. The van der Waals surface area contributed by atoms with Gasteiger partial charge in [-0.05, 0) is 29.3 Å². The highest BCUT2D eigenvalue weighted by atomic mass is 35.5. The van der Waals surface area contributed by atoms with Gasteiger partial charge in [0.1, 0.15) is 0 Å². The number of Topliss-reactive ketones (excluding diaryl/α,β-unsaturated/α-hetero) is 1. The van der Waals surface area contributed by atoms with Gasteiger partial charge in [0.25, 0.3) is 5.91 Å². The number of rotatable bonds is 4. The second-order valence-corrected chi connectivity index (χ2v) is 7.37. The summed E-state index contributed by atoms with van der Waals surface area (Å²) in [6, 6.07) is 21.9. The standard InChI is InChI=1S/C23H18ClNO3/c1-25-20-12-11-18(24)13-19(20)23(28,22(25)27)14-21(26)17-9-7-16(8-10-17)15-5-3-2-4-6-15/h2-13,28H,14H2,1H3/t23-/m1/s1. The van der Waals surface area contributed by atoms with Crippen molar-refractivity contribution in [2.45, 2.75) is 12.0 Å². The molecule has 3 aromatic rings. The minimum absolute atomic E-state index is 0.309. The van der Waals surface area contributed by atoms with Gasteiger partial charge in [0.15, 0.2) is 11.4 Å². The monoisotopic (exact) mass is 391 g/mol. The van der Waals surface area contributed by atoms with E-state index in [1.807, 2.05) is 42.5 Å². The molecule has 4 nitrogen and oxygen atoms in total. The molecule has 1 aliphatic rings. The lowest BCUT2D eigenvalue weighted by molar-refractivity contribution is -0.135. The van der Waals surface area contributed by atoms with Crippen molar-refractivity contribution in [2.75, 3.05) is 11.9 Å². The van der Waals surface area contributed by atoms with E-state index in [1.165, 1.54) is 4.90 Å². The lowest BCUT2D eigenvalue weighted by Gasteiger charge is -2.21. The third-order valence-electron chi connectivity index (χ3n) is 5.15. The Labute approximate surface area is 168 Å². The first-order chi connectivity index (χ1) is 13.4. The number of benzene rings is 3. The summed E-state index contributed by atoms with van der Waals surface area (Å²) in [7, 11) is 1.58. The fourth-order valence-corrected chi connectivity index (χ4v) is 3.79. The molecule has 0 unspecified atom stereocenters. The normalized spacial score (nSPS) is 18.2. The van der Waals surface area contributed by atoms with Crippen LogP contribution in [0.3, 0.4) is 0 Å². The molecule has 0 spiro atoms. The molecular weight excluding hydrogens is 374 g/mol. The van der Waals surface area contributed by atoms with Crippen LogP contribution in [0.15, 0.2) is 72.8 Å². The summed E-state index contributed by atoms with van der Waals surface area (Å²) >= 11 is 6.05. The first kappa shape index (κ1) is 18.4. The number of fused-ring (bicyclic) bond motifs is 1. The summed E-state index contributed by atoms with van der Waals surface area (Å²) in [6.45, 7) is 0. The zero-order valence-electron chi connectivity index (χ0n) is 15.2. The van der Waals surface area contributed by atoms with Gasteiger partial charge in [0.05, 0.1) is 12.1 Å². The highest BCUT2D eigenvalue weighted by Crippen LogP contribution is 2.43. The predicted octanol–water partition coefficient (Wildman–Crippen LogP) is 4.44. The van der Waals surface area contributed by atoms with Crippen LogP contribution in [0.5, 0.6) is 0 Å². The van der Waals surface area contributed by atoms with E-state index >= 15 is 0 Å². The summed E-state index contributed by atoms with van der Waals surface area (Å²) in [5.74, 6) is -0.837. The topological polar surface area (TPSA) is 57.6 Å². The molecule has 0 aliphatic carbocycles. The summed E-state index contributed by atoms with van der Waals surface area (Å²) in [6.07, 6.45) is -0.339. The maximum atomic E-state index is 12.8. The molecule has 0 aromatic heterocycles. The van der Waals surface area contributed by atoms with E-state index in [2.05, 4.69) is 0 Å². The number of hydrogen-bond acceptors (Lipinski definition) is 3. The molecule has 4 rings (SSSR count). The van der Waals surface area contributed by atoms with Gasteiger partial charge >= 0.3 is 0 Å². The van der Waals surface area contributed by atoms with Crippen LogP contribution in [0.1, 0.15) is 22.3 Å². The molecular formula is C23H18ClNO3. The summed E-state index contributed by atoms with van der Waals surface area (Å²) in [5.41, 5.74) is 1.50. The molecule has 1 amide bonds. The zero-order chi connectivity index (χ0) is 19.9. The Morgan fingerprint density at radius 1 is 1.00 bits per heavy atom. The van der Waals surface area contributed by atoms with Crippen molar-refractivity contribution in [1.29, 1.82) is 0 Å². The van der Waals surface area contributed by atoms with Crippen LogP contribution >= 0.6 is 11.6 Å². The van der Waals surface area contributed by atoms with Gasteiger partial charge in [0, 0.05) is 23.2 Å². The second kappa shape index (κ2) is 6.89. The van der Waals surface area contributed by atoms with Crippen molar-refractivity contribution in [1.82, 2.24) is 0 Å². The molecule has 0 saturated carbocycles. The number of ketones is 1. The summed E-state index contributed by atoms with van der Waals surface area (Å²) in [5, 5.41) is 11.5. The lowest BCUT2D eigenvalue weighted by atomic mass is 9.88. The van der Waals surface area contributed by atoms with Gasteiger partial charge < -0.3 is 10.0 Å². The number of nitrogens with zero attached hydrogens (tertiary/aromatic N) is 1. The van der Waals surface area contributed by atoms with Gasteiger partial charge in [-0.1, -0.05) is 66.2 Å². The number of carbonyl (C=O) groups excluding carboxylic acids is 2. The minimum atomic E-state index is -1.91. The van der Waals surface area contributed by atoms with Crippen LogP contribution in [-0.2, 0) is 10.4 Å². The summed E-state index contributed by atoms with van der Waals surface area (Å²) in [4.78, 5) is 26.9. The molecule has 3 aromatic carbocycles. The fourth-order valence-electron chi connectivity index (χ4n) is 3.62. The van der Waals surface area contributed by atoms with Gasteiger partial charge in [-0.25, -0.2) is 0 Å². The van der Waals surface area contributed by atoms with E-state index in [0.29, 0.717) is 21.8 Å². The van der Waals surface area contributed by atoms with E-state index in [9.17, 15) is 14.7 Å². The number of aliphatic hydroxyl groups is 1. The van der Waals surface area contributed by atoms with Crippen LogP contribution < -0.4 is 4.90 Å². The van der Waals surface area contributed by atoms with E-state index < -0.39 is 11.5 Å². The molecule has 0 bridgehead atoms. The molecule has 0 saturated heterocycles. The third-order valence-corrected chi connectivity index (χ3v) is 5.39. The smallest absolute Gasteiger partial charge is 0.263 e.